The fourth-order valence-corrected chi connectivity index (χ4v) is 3.48. The highest BCUT2D eigenvalue weighted by Gasteiger charge is 2.21. The number of halogens is 2. The number of nitrogens with zero attached hydrogens (tertiary/aromatic N) is 2. The lowest BCUT2D eigenvalue weighted by Crippen LogP contribution is -2.36. The van der Waals surface area contributed by atoms with Crippen LogP contribution in [0, 0.1) is 0 Å². The molecule has 0 spiro atoms. The zero-order valence-corrected chi connectivity index (χ0v) is 18.2. The summed E-state index contributed by atoms with van der Waals surface area (Å²) in [7, 11) is -0.0669. The van der Waals surface area contributed by atoms with Crippen LogP contribution in [0.15, 0.2) is 51.8 Å². The number of hydrogen-bond acceptors (Lipinski definition) is 4. The molecule has 1 amide bonds. The van der Waals surface area contributed by atoms with E-state index in [0.717, 1.165) is 5.56 Å². The van der Waals surface area contributed by atoms with E-state index in [9.17, 15) is 13.2 Å². The molecule has 6 nitrogen and oxygen atoms in total. The van der Waals surface area contributed by atoms with E-state index in [0.29, 0.717) is 29.1 Å². The number of carbonyl (C=O) groups is 1. The van der Waals surface area contributed by atoms with Crippen LogP contribution >= 0.6 is 27.5 Å². The van der Waals surface area contributed by atoms with Crippen molar-refractivity contribution in [3.63, 3.8) is 0 Å². The Morgan fingerprint density at radius 3 is 2.30 bits per heavy atom. The Kier molecular flexibility index (Phi) is 7.41. The van der Waals surface area contributed by atoms with E-state index in [2.05, 4.69) is 15.9 Å². The van der Waals surface area contributed by atoms with Crippen molar-refractivity contribution >= 4 is 43.5 Å². The molecule has 0 aliphatic carbocycles. The molecule has 0 saturated carbocycles. The molecule has 0 bridgehead atoms. The van der Waals surface area contributed by atoms with Crippen LogP contribution < -0.4 is 5.14 Å². The van der Waals surface area contributed by atoms with Crippen LogP contribution in [0.4, 0.5) is 0 Å². The lowest BCUT2D eigenvalue weighted by molar-refractivity contribution is 0.0731. The third kappa shape index (κ3) is 6.29. The number of likely N-dealkylation sites (N-methyl/N-ethyl adjacent to an activating group) is 1. The van der Waals surface area contributed by atoms with Crippen LogP contribution in [-0.4, -0.2) is 51.3 Å². The Hall–Kier alpha value is -1.45. The molecule has 0 aromatic heterocycles. The minimum absolute atomic E-state index is 0.104. The topological polar surface area (TPSA) is 83.7 Å². The van der Waals surface area contributed by atoms with Gasteiger partial charge in [-0.05, 0) is 65.9 Å². The Bertz CT molecular complexity index is 918. The molecule has 0 saturated heterocycles. The fraction of sp³-hybridized carbons (Fsp3) is 0.278. The molecule has 2 rings (SSSR count). The molecule has 9 heteroatoms. The molecule has 2 aromatic rings. The fourth-order valence-electron chi connectivity index (χ4n) is 2.40. The SMILES string of the molecule is CN(C)CCN(Cc1ccc(Cl)cc1)C(=O)c1cc(S(N)(=O)=O)ccc1Br. The second-order valence-corrected chi connectivity index (χ2v) is 9.20. The average molecular weight is 475 g/mol. The van der Waals surface area contributed by atoms with Crippen LogP contribution in [0.1, 0.15) is 15.9 Å². The lowest BCUT2D eigenvalue weighted by atomic mass is 10.1. The van der Waals surface area contributed by atoms with Gasteiger partial charge < -0.3 is 9.80 Å². The van der Waals surface area contributed by atoms with Crippen molar-refractivity contribution in [1.82, 2.24) is 9.80 Å². The van der Waals surface area contributed by atoms with Crippen molar-refractivity contribution in [3.8, 4) is 0 Å². The van der Waals surface area contributed by atoms with E-state index in [4.69, 9.17) is 16.7 Å². The largest absolute Gasteiger partial charge is 0.333 e. The summed E-state index contributed by atoms with van der Waals surface area (Å²) in [6.07, 6.45) is 0. The van der Waals surface area contributed by atoms with Crippen molar-refractivity contribution in [2.45, 2.75) is 11.4 Å². The molecule has 0 aliphatic rings. The Morgan fingerprint density at radius 2 is 1.74 bits per heavy atom. The van der Waals surface area contributed by atoms with Crippen LogP contribution in [0.2, 0.25) is 5.02 Å². The first-order valence-electron chi connectivity index (χ1n) is 8.08. The summed E-state index contributed by atoms with van der Waals surface area (Å²) < 4.78 is 23.8. The normalized spacial score (nSPS) is 11.6. The van der Waals surface area contributed by atoms with E-state index in [1.54, 1.807) is 17.0 Å². The van der Waals surface area contributed by atoms with Gasteiger partial charge in [0.2, 0.25) is 10.0 Å². The van der Waals surface area contributed by atoms with E-state index < -0.39 is 10.0 Å². The van der Waals surface area contributed by atoms with Crippen molar-refractivity contribution in [2.24, 2.45) is 5.14 Å². The standard InChI is InChI=1S/C18H21BrClN3O3S/c1-22(2)9-10-23(12-13-3-5-14(20)6-4-13)18(24)16-11-15(27(21,25)26)7-8-17(16)19/h3-8,11H,9-10,12H2,1-2H3,(H2,21,25,26). The van der Waals surface area contributed by atoms with Gasteiger partial charge in [0.1, 0.15) is 0 Å². The minimum atomic E-state index is -3.91. The maximum absolute atomic E-state index is 13.1. The van der Waals surface area contributed by atoms with Gasteiger partial charge in [0.15, 0.2) is 0 Å². The first kappa shape index (κ1) is 21.8. The zero-order chi connectivity index (χ0) is 20.2. The lowest BCUT2D eigenvalue weighted by Gasteiger charge is -2.25. The molecule has 0 fully saturated rings. The van der Waals surface area contributed by atoms with Gasteiger partial charge in [0, 0.05) is 29.1 Å². The molecule has 2 N–H and O–H groups in total. The highest BCUT2D eigenvalue weighted by molar-refractivity contribution is 9.10. The zero-order valence-electron chi connectivity index (χ0n) is 15.0. The number of benzene rings is 2. The van der Waals surface area contributed by atoms with Gasteiger partial charge in [0.05, 0.1) is 10.5 Å². The smallest absolute Gasteiger partial charge is 0.255 e. The second-order valence-electron chi connectivity index (χ2n) is 6.34. The monoisotopic (exact) mass is 473 g/mol. The molecule has 0 unspecified atom stereocenters. The number of carbonyl (C=O) groups excluding carboxylic acids is 1. The summed E-state index contributed by atoms with van der Waals surface area (Å²) in [5, 5.41) is 5.82. The molecule has 0 atom stereocenters. The Balaban J connectivity index is 2.36. The van der Waals surface area contributed by atoms with Crippen LogP contribution in [-0.2, 0) is 16.6 Å². The summed E-state index contributed by atoms with van der Waals surface area (Å²) in [4.78, 5) is 16.7. The van der Waals surface area contributed by atoms with Crippen LogP contribution in [0.25, 0.3) is 0 Å². The predicted octanol–water partition coefficient (Wildman–Crippen LogP) is 2.95. The van der Waals surface area contributed by atoms with Gasteiger partial charge >= 0.3 is 0 Å². The summed E-state index contributed by atoms with van der Waals surface area (Å²) in [6, 6.07) is 11.4. The Morgan fingerprint density at radius 1 is 1.11 bits per heavy atom. The summed E-state index contributed by atoms with van der Waals surface area (Å²) in [5.74, 6) is -0.288. The van der Waals surface area contributed by atoms with E-state index >= 15 is 0 Å². The number of nitrogens with two attached hydrogens (primary N) is 1. The molecule has 0 radical (unpaired) electrons. The predicted molar refractivity (Wildman–Crippen MR) is 110 cm³/mol. The van der Waals surface area contributed by atoms with Crippen LogP contribution in [0.5, 0.6) is 0 Å². The molecule has 2 aromatic carbocycles. The quantitative estimate of drug-likeness (QED) is 0.669. The number of hydrogen-bond donors (Lipinski definition) is 1. The molecular weight excluding hydrogens is 454 g/mol. The van der Waals surface area contributed by atoms with Gasteiger partial charge in [-0.15, -0.1) is 0 Å². The van der Waals surface area contributed by atoms with Crippen molar-refractivity contribution in [1.29, 1.82) is 0 Å². The summed E-state index contributed by atoms with van der Waals surface area (Å²) in [5.41, 5.74) is 1.17. The minimum Gasteiger partial charge on any atom is -0.333 e. The molecule has 27 heavy (non-hydrogen) atoms. The highest BCUT2D eigenvalue weighted by atomic mass is 79.9. The maximum Gasteiger partial charge on any atom is 0.255 e. The molecule has 0 aliphatic heterocycles. The van der Waals surface area contributed by atoms with E-state index in [1.807, 2.05) is 31.1 Å². The molecule has 146 valence electrons. The van der Waals surface area contributed by atoms with Crippen LogP contribution in [0.3, 0.4) is 0 Å². The van der Waals surface area contributed by atoms with Gasteiger partial charge in [-0.3, -0.25) is 4.79 Å². The maximum atomic E-state index is 13.1. The number of rotatable bonds is 7. The number of amides is 1. The molecule has 0 heterocycles. The van der Waals surface area contributed by atoms with E-state index in [-0.39, 0.29) is 16.4 Å². The van der Waals surface area contributed by atoms with Crippen molar-refractivity contribution in [3.05, 3.63) is 63.1 Å². The van der Waals surface area contributed by atoms with Gasteiger partial charge in [-0.25, -0.2) is 13.6 Å². The van der Waals surface area contributed by atoms with E-state index in [1.165, 1.54) is 18.2 Å². The van der Waals surface area contributed by atoms with Gasteiger partial charge in [0.25, 0.3) is 5.91 Å². The third-order valence-electron chi connectivity index (χ3n) is 3.89. The van der Waals surface area contributed by atoms with Gasteiger partial charge in [-0.2, -0.15) is 0 Å². The number of sulfonamides is 1. The van der Waals surface area contributed by atoms with Crippen molar-refractivity contribution < 1.29 is 13.2 Å². The molecular formula is C18H21BrClN3O3S. The second kappa shape index (κ2) is 9.16. The average Bonchev–Trinajstić information content (AvgIpc) is 2.59. The summed E-state index contributed by atoms with van der Waals surface area (Å²) in [6.45, 7) is 1.50. The first-order valence-corrected chi connectivity index (χ1v) is 10.8. The number of primary sulfonamides is 1. The first-order chi connectivity index (χ1) is 12.6. The summed E-state index contributed by atoms with van der Waals surface area (Å²) >= 11 is 9.26. The van der Waals surface area contributed by atoms with Crippen molar-refractivity contribution in [2.75, 3.05) is 27.2 Å². The highest BCUT2D eigenvalue weighted by Crippen LogP contribution is 2.23. The third-order valence-corrected chi connectivity index (χ3v) is 5.74. The van der Waals surface area contributed by atoms with Gasteiger partial charge in [-0.1, -0.05) is 23.7 Å². The Labute approximate surface area is 173 Å².